The highest BCUT2D eigenvalue weighted by molar-refractivity contribution is 7.21. The van der Waals surface area contributed by atoms with E-state index in [1.165, 1.54) is 11.3 Å². The topological polar surface area (TPSA) is 46.0 Å². The maximum Gasteiger partial charge on any atom is 0.225 e. The van der Waals surface area contributed by atoms with Gasteiger partial charge in [-0.25, -0.2) is 4.98 Å². The molecule has 0 aromatic carbocycles. The zero-order valence-corrected chi connectivity index (χ0v) is 8.87. The minimum Gasteiger partial charge on any atom is -0.492 e. The maximum absolute atomic E-state index is 9.28. The molecule has 2 aromatic heterocycles. The lowest BCUT2D eigenvalue weighted by Crippen LogP contribution is -1.70. The fraction of sp³-hybridized carbons (Fsp3) is 0.250. The van der Waals surface area contributed by atoms with E-state index in [9.17, 15) is 5.11 Å². The van der Waals surface area contributed by atoms with Gasteiger partial charge in [0, 0.05) is 11.1 Å². The summed E-state index contributed by atoms with van der Waals surface area (Å²) in [5.41, 5.74) is 0. The normalized spacial score (nSPS) is 10.6. The minimum atomic E-state index is 0.118. The van der Waals surface area contributed by atoms with Gasteiger partial charge in [-0.15, -0.1) is 22.7 Å². The van der Waals surface area contributed by atoms with Crippen LogP contribution in [0.2, 0.25) is 0 Å². The highest BCUT2D eigenvalue weighted by Crippen LogP contribution is 2.32. The summed E-state index contributed by atoms with van der Waals surface area (Å²) < 4.78 is 0. The van der Waals surface area contributed by atoms with Crippen LogP contribution < -0.4 is 0 Å². The number of hydrogen-bond acceptors (Lipinski definition) is 5. The molecule has 2 heterocycles. The van der Waals surface area contributed by atoms with Gasteiger partial charge in [-0.3, -0.25) is 0 Å². The Hall–Kier alpha value is -0.940. The van der Waals surface area contributed by atoms with Crippen molar-refractivity contribution < 1.29 is 5.11 Å². The lowest BCUT2D eigenvalue weighted by atomic mass is 10.6. The van der Waals surface area contributed by atoms with Crippen LogP contribution in [0.25, 0.3) is 10.0 Å². The minimum absolute atomic E-state index is 0.118. The number of hydrogen-bond donors (Lipinski definition) is 1. The Balaban J connectivity index is 2.46. The van der Waals surface area contributed by atoms with Crippen molar-refractivity contribution in [2.75, 3.05) is 0 Å². The Morgan fingerprint density at radius 1 is 1.23 bits per heavy atom. The molecule has 0 bridgehead atoms. The average Bonchev–Trinajstić information content (AvgIpc) is 2.61. The zero-order valence-electron chi connectivity index (χ0n) is 7.24. The molecule has 2 aromatic rings. The van der Waals surface area contributed by atoms with Gasteiger partial charge in [0.05, 0.1) is 4.88 Å². The smallest absolute Gasteiger partial charge is 0.225 e. The van der Waals surface area contributed by atoms with Gasteiger partial charge < -0.3 is 5.11 Å². The summed E-state index contributed by atoms with van der Waals surface area (Å²) in [4.78, 5) is 10.2. The van der Waals surface area contributed by atoms with Crippen molar-refractivity contribution in [1.82, 2.24) is 9.97 Å². The van der Waals surface area contributed by atoms with Crippen molar-refractivity contribution in [3.8, 4) is 15.9 Å². The van der Waals surface area contributed by atoms with Crippen LogP contribution in [0.3, 0.4) is 0 Å². The average molecular weight is 212 g/mol. The van der Waals surface area contributed by atoms with Crippen molar-refractivity contribution in [3.05, 3.63) is 16.0 Å². The third-order valence-corrected chi connectivity index (χ3v) is 3.59. The second-order valence-electron chi connectivity index (χ2n) is 2.67. The molecule has 5 heteroatoms. The summed E-state index contributed by atoms with van der Waals surface area (Å²) in [5, 5.41) is 11.0. The first-order valence-electron chi connectivity index (χ1n) is 3.76. The molecule has 1 N–H and O–H groups in total. The Morgan fingerprint density at radius 2 is 2.00 bits per heavy atom. The summed E-state index contributed by atoms with van der Waals surface area (Å²) in [6.07, 6.45) is 1.81. The molecule has 0 spiro atoms. The van der Waals surface area contributed by atoms with Crippen molar-refractivity contribution in [1.29, 1.82) is 0 Å². The molecule has 0 radical (unpaired) electrons. The van der Waals surface area contributed by atoms with Gasteiger partial charge in [-0.2, -0.15) is 4.98 Å². The molecule has 0 fully saturated rings. The van der Waals surface area contributed by atoms with Crippen molar-refractivity contribution >= 4 is 22.7 Å². The Morgan fingerprint density at radius 3 is 2.46 bits per heavy atom. The first kappa shape index (κ1) is 8.65. The zero-order chi connectivity index (χ0) is 9.42. The molecule has 0 aliphatic rings. The van der Waals surface area contributed by atoms with Crippen LogP contribution >= 0.6 is 22.7 Å². The number of aromatic nitrogens is 2. The van der Waals surface area contributed by atoms with Crippen LogP contribution in [-0.2, 0) is 0 Å². The predicted octanol–water partition coefficient (Wildman–Crippen LogP) is 2.59. The van der Waals surface area contributed by atoms with Gasteiger partial charge in [0.2, 0.25) is 5.88 Å². The van der Waals surface area contributed by atoms with Crippen molar-refractivity contribution in [3.63, 3.8) is 0 Å². The molecule has 2 rings (SSSR count). The van der Waals surface area contributed by atoms with Crippen LogP contribution in [0, 0.1) is 13.8 Å². The molecule has 0 unspecified atom stereocenters. The fourth-order valence-electron chi connectivity index (χ4n) is 0.933. The third-order valence-electron chi connectivity index (χ3n) is 1.58. The van der Waals surface area contributed by atoms with E-state index in [2.05, 4.69) is 9.97 Å². The van der Waals surface area contributed by atoms with Crippen LogP contribution in [-0.4, -0.2) is 15.1 Å². The van der Waals surface area contributed by atoms with Crippen LogP contribution in [0.5, 0.6) is 5.88 Å². The fourth-order valence-corrected chi connectivity index (χ4v) is 2.53. The van der Waals surface area contributed by atoms with Gasteiger partial charge in [0.15, 0.2) is 10.0 Å². The van der Waals surface area contributed by atoms with Gasteiger partial charge in [-0.05, 0) is 13.8 Å². The summed E-state index contributed by atoms with van der Waals surface area (Å²) >= 11 is 3.06. The molecule has 68 valence electrons. The number of aryl methyl sites for hydroxylation is 2. The molecule has 0 aliphatic carbocycles. The third kappa shape index (κ3) is 1.57. The van der Waals surface area contributed by atoms with E-state index in [1.807, 2.05) is 20.0 Å². The SMILES string of the molecule is Cc1cnc(-c2nc(O)c(C)s2)s1. The quantitative estimate of drug-likeness (QED) is 0.790. The van der Waals surface area contributed by atoms with Gasteiger partial charge in [0.25, 0.3) is 0 Å². The van der Waals surface area contributed by atoms with Crippen LogP contribution in [0.4, 0.5) is 0 Å². The van der Waals surface area contributed by atoms with E-state index in [0.717, 1.165) is 19.8 Å². The van der Waals surface area contributed by atoms with E-state index >= 15 is 0 Å². The van der Waals surface area contributed by atoms with E-state index in [4.69, 9.17) is 0 Å². The molecule has 0 aliphatic heterocycles. The lowest BCUT2D eigenvalue weighted by Gasteiger charge is -1.83. The molecule has 0 saturated carbocycles. The highest BCUT2D eigenvalue weighted by Gasteiger charge is 2.10. The molecule has 0 amide bonds. The molecule has 0 saturated heterocycles. The predicted molar refractivity (Wildman–Crippen MR) is 54.4 cm³/mol. The largest absolute Gasteiger partial charge is 0.492 e. The number of rotatable bonds is 1. The molecular weight excluding hydrogens is 204 g/mol. The van der Waals surface area contributed by atoms with E-state index < -0.39 is 0 Å². The molecular formula is C8H8N2OS2. The highest BCUT2D eigenvalue weighted by atomic mass is 32.1. The monoisotopic (exact) mass is 212 g/mol. The number of aromatic hydroxyl groups is 1. The van der Waals surface area contributed by atoms with Crippen molar-refractivity contribution in [2.24, 2.45) is 0 Å². The second-order valence-corrected chi connectivity index (χ2v) is 5.11. The van der Waals surface area contributed by atoms with E-state index in [-0.39, 0.29) is 5.88 Å². The Bertz CT molecular complexity index is 414. The molecule has 3 nitrogen and oxygen atoms in total. The van der Waals surface area contributed by atoms with Crippen molar-refractivity contribution in [2.45, 2.75) is 13.8 Å². The number of nitrogens with zero attached hydrogens (tertiary/aromatic N) is 2. The summed E-state index contributed by atoms with van der Waals surface area (Å²) in [5.74, 6) is 0.118. The maximum atomic E-state index is 9.28. The van der Waals surface area contributed by atoms with E-state index in [1.54, 1.807) is 11.3 Å². The number of thiazole rings is 2. The summed E-state index contributed by atoms with van der Waals surface area (Å²) in [7, 11) is 0. The van der Waals surface area contributed by atoms with Gasteiger partial charge in [-0.1, -0.05) is 0 Å². The standard InChI is InChI=1S/C8H8N2OS2/c1-4-3-9-7(12-4)8-10-6(11)5(2)13-8/h3,11H,1-2H3. The first-order valence-corrected chi connectivity index (χ1v) is 5.39. The van der Waals surface area contributed by atoms with Gasteiger partial charge in [0.1, 0.15) is 0 Å². The van der Waals surface area contributed by atoms with E-state index in [0.29, 0.717) is 0 Å². The molecule has 0 atom stereocenters. The summed E-state index contributed by atoms with van der Waals surface area (Å²) in [6.45, 7) is 3.85. The lowest BCUT2D eigenvalue weighted by molar-refractivity contribution is 0.454. The second kappa shape index (κ2) is 3.08. The Labute approximate surface area is 83.7 Å². The molecule has 13 heavy (non-hydrogen) atoms. The van der Waals surface area contributed by atoms with Gasteiger partial charge >= 0.3 is 0 Å². The Kier molecular flexibility index (Phi) is 2.05. The first-order chi connectivity index (χ1) is 6.16. The van der Waals surface area contributed by atoms with Crippen LogP contribution in [0.15, 0.2) is 6.20 Å². The van der Waals surface area contributed by atoms with Crippen LogP contribution in [0.1, 0.15) is 9.75 Å². The summed E-state index contributed by atoms with van der Waals surface area (Å²) in [6, 6.07) is 0.